The number of benzene rings is 1. The fraction of sp³-hybridized carbons (Fsp3) is 0.500. The van der Waals surface area contributed by atoms with Gasteiger partial charge in [-0.2, -0.15) is 0 Å². The van der Waals surface area contributed by atoms with Crippen molar-refractivity contribution in [3.05, 3.63) is 34.9 Å². The van der Waals surface area contributed by atoms with E-state index in [9.17, 15) is 4.79 Å². The highest BCUT2D eigenvalue weighted by molar-refractivity contribution is 5.87. The minimum Gasteiger partial charge on any atom is -0.289 e. The quantitative estimate of drug-likeness (QED) is 0.813. The average Bonchev–Trinajstić information content (AvgIpc) is 2.15. The van der Waals surface area contributed by atoms with Gasteiger partial charge in [-0.25, -0.2) is 5.01 Å². The van der Waals surface area contributed by atoms with Crippen molar-refractivity contribution in [2.75, 3.05) is 14.1 Å². The minimum absolute atomic E-state index is 0.00875. The largest absolute Gasteiger partial charge is 0.289 e. The van der Waals surface area contributed by atoms with Crippen LogP contribution >= 0.6 is 0 Å². The molecule has 1 amide bonds. The Kier molecular flexibility index (Phi) is 3.94. The second kappa shape index (κ2) is 4.88. The van der Waals surface area contributed by atoms with E-state index in [1.807, 2.05) is 47.0 Å². The molecule has 0 aromatic heterocycles. The third kappa shape index (κ3) is 3.07. The SMILES string of the molecule is Cc1ccc(C(C)(C)C(=O)NN(C)C)c(C)c1. The van der Waals surface area contributed by atoms with E-state index in [1.165, 1.54) is 5.56 Å². The summed E-state index contributed by atoms with van der Waals surface area (Å²) in [5.74, 6) is 0.00875. The van der Waals surface area contributed by atoms with Crippen LogP contribution in [0.25, 0.3) is 0 Å². The topological polar surface area (TPSA) is 32.3 Å². The van der Waals surface area contributed by atoms with Crippen LogP contribution in [0.3, 0.4) is 0 Å². The van der Waals surface area contributed by atoms with Crippen molar-refractivity contribution in [3.8, 4) is 0 Å². The summed E-state index contributed by atoms with van der Waals surface area (Å²) in [7, 11) is 3.63. The normalized spacial score (nSPS) is 11.7. The van der Waals surface area contributed by atoms with Gasteiger partial charge >= 0.3 is 0 Å². The first-order valence-corrected chi connectivity index (χ1v) is 5.81. The molecule has 0 saturated heterocycles. The standard InChI is InChI=1S/C14H22N2O/c1-10-7-8-12(11(2)9-10)14(3,4)13(17)15-16(5)6/h7-9H,1-6H3,(H,15,17). The fourth-order valence-corrected chi connectivity index (χ4v) is 1.98. The molecule has 0 unspecified atom stereocenters. The molecular formula is C14H22N2O. The summed E-state index contributed by atoms with van der Waals surface area (Å²) in [6, 6.07) is 6.20. The van der Waals surface area contributed by atoms with Gasteiger partial charge in [-0.3, -0.25) is 10.2 Å². The number of hydrogen-bond donors (Lipinski definition) is 1. The summed E-state index contributed by atoms with van der Waals surface area (Å²) in [6.45, 7) is 8.00. The highest BCUT2D eigenvalue weighted by atomic mass is 16.2. The molecule has 0 heterocycles. The summed E-state index contributed by atoms with van der Waals surface area (Å²) in [4.78, 5) is 12.2. The van der Waals surface area contributed by atoms with Crippen molar-refractivity contribution in [3.63, 3.8) is 0 Å². The van der Waals surface area contributed by atoms with Gasteiger partial charge in [0, 0.05) is 14.1 Å². The van der Waals surface area contributed by atoms with E-state index < -0.39 is 5.41 Å². The molecule has 0 fully saturated rings. The Hall–Kier alpha value is -1.35. The molecule has 1 N–H and O–H groups in total. The molecule has 1 rings (SSSR count). The number of aryl methyl sites for hydroxylation is 2. The van der Waals surface area contributed by atoms with Crippen molar-refractivity contribution < 1.29 is 4.79 Å². The zero-order chi connectivity index (χ0) is 13.2. The predicted molar refractivity (Wildman–Crippen MR) is 70.8 cm³/mol. The first-order valence-electron chi connectivity index (χ1n) is 5.81. The van der Waals surface area contributed by atoms with Crippen LogP contribution in [0.15, 0.2) is 18.2 Å². The first-order chi connectivity index (χ1) is 7.75. The van der Waals surface area contributed by atoms with E-state index in [-0.39, 0.29) is 5.91 Å². The molecule has 0 atom stereocenters. The molecule has 94 valence electrons. The molecule has 0 aliphatic rings. The van der Waals surface area contributed by atoms with Crippen molar-refractivity contribution in [2.45, 2.75) is 33.1 Å². The second-order valence-corrected chi connectivity index (χ2v) is 5.28. The van der Waals surface area contributed by atoms with Crippen molar-refractivity contribution in [1.29, 1.82) is 0 Å². The highest BCUT2D eigenvalue weighted by Crippen LogP contribution is 2.27. The van der Waals surface area contributed by atoms with Gasteiger partial charge in [0.1, 0.15) is 0 Å². The van der Waals surface area contributed by atoms with Gasteiger partial charge < -0.3 is 0 Å². The van der Waals surface area contributed by atoms with Crippen LogP contribution in [0.2, 0.25) is 0 Å². The van der Waals surface area contributed by atoms with Crippen LogP contribution in [-0.4, -0.2) is 25.0 Å². The van der Waals surface area contributed by atoms with Crippen molar-refractivity contribution in [2.24, 2.45) is 0 Å². The monoisotopic (exact) mass is 234 g/mol. The molecule has 0 bridgehead atoms. The number of carbonyl (C=O) groups is 1. The molecule has 0 spiro atoms. The number of amides is 1. The maximum Gasteiger partial charge on any atom is 0.244 e. The Labute approximate surface area is 104 Å². The maximum absolute atomic E-state index is 12.2. The Morgan fingerprint density at radius 2 is 1.82 bits per heavy atom. The average molecular weight is 234 g/mol. The molecule has 17 heavy (non-hydrogen) atoms. The van der Waals surface area contributed by atoms with Gasteiger partial charge in [0.2, 0.25) is 5.91 Å². The summed E-state index contributed by atoms with van der Waals surface area (Å²) in [5.41, 5.74) is 5.74. The molecule has 1 aromatic rings. The van der Waals surface area contributed by atoms with E-state index in [1.54, 1.807) is 5.01 Å². The zero-order valence-corrected chi connectivity index (χ0v) is 11.6. The molecular weight excluding hydrogens is 212 g/mol. The lowest BCUT2D eigenvalue weighted by molar-refractivity contribution is -0.129. The molecule has 3 nitrogen and oxygen atoms in total. The highest BCUT2D eigenvalue weighted by Gasteiger charge is 2.31. The van der Waals surface area contributed by atoms with Crippen LogP contribution in [0.1, 0.15) is 30.5 Å². The van der Waals surface area contributed by atoms with Gasteiger partial charge in [-0.1, -0.05) is 23.8 Å². The van der Waals surface area contributed by atoms with Gasteiger partial charge in [-0.15, -0.1) is 0 Å². The van der Waals surface area contributed by atoms with Crippen LogP contribution in [0, 0.1) is 13.8 Å². The first kappa shape index (κ1) is 13.7. The Morgan fingerprint density at radius 3 is 2.29 bits per heavy atom. The summed E-state index contributed by atoms with van der Waals surface area (Å²) < 4.78 is 0. The maximum atomic E-state index is 12.2. The van der Waals surface area contributed by atoms with Crippen molar-refractivity contribution >= 4 is 5.91 Å². The molecule has 0 aliphatic heterocycles. The van der Waals surface area contributed by atoms with Gasteiger partial charge in [0.25, 0.3) is 0 Å². The van der Waals surface area contributed by atoms with Crippen LogP contribution in [0.4, 0.5) is 0 Å². The summed E-state index contributed by atoms with van der Waals surface area (Å²) in [6.07, 6.45) is 0. The van der Waals surface area contributed by atoms with Crippen LogP contribution < -0.4 is 5.43 Å². The summed E-state index contributed by atoms with van der Waals surface area (Å²) >= 11 is 0. The number of hydrogen-bond acceptors (Lipinski definition) is 2. The molecule has 1 aromatic carbocycles. The second-order valence-electron chi connectivity index (χ2n) is 5.28. The molecule has 0 aliphatic carbocycles. The molecule has 3 heteroatoms. The lowest BCUT2D eigenvalue weighted by Gasteiger charge is -2.28. The van der Waals surface area contributed by atoms with Crippen molar-refractivity contribution in [1.82, 2.24) is 10.4 Å². The minimum atomic E-state index is -0.526. The van der Waals surface area contributed by atoms with Crippen LogP contribution in [0.5, 0.6) is 0 Å². The smallest absolute Gasteiger partial charge is 0.244 e. The summed E-state index contributed by atoms with van der Waals surface area (Å²) in [5, 5.41) is 1.67. The van der Waals surface area contributed by atoms with E-state index in [2.05, 4.69) is 18.4 Å². The number of nitrogens with zero attached hydrogens (tertiary/aromatic N) is 1. The lowest BCUT2D eigenvalue weighted by Crippen LogP contribution is -2.46. The number of hydrazine groups is 1. The number of nitrogens with one attached hydrogen (secondary N) is 1. The fourth-order valence-electron chi connectivity index (χ4n) is 1.98. The number of rotatable bonds is 3. The predicted octanol–water partition coefficient (Wildman–Crippen LogP) is 2.17. The van der Waals surface area contributed by atoms with E-state index >= 15 is 0 Å². The Balaban J connectivity index is 3.08. The van der Waals surface area contributed by atoms with Gasteiger partial charge in [0.15, 0.2) is 0 Å². The Morgan fingerprint density at radius 1 is 1.24 bits per heavy atom. The molecule has 0 radical (unpaired) electrons. The zero-order valence-electron chi connectivity index (χ0n) is 11.6. The van der Waals surface area contributed by atoms with Crippen LogP contribution in [-0.2, 0) is 10.2 Å². The molecule has 0 saturated carbocycles. The van der Waals surface area contributed by atoms with E-state index in [0.717, 1.165) is 11.1 Å². The third-order valence-corrected chi connectivity index (χ3v) is 2.95. The number of carbonyl (C=O) groups excluding carboxylic acids is 1. The Bertz CT molecular complexity index is 422. The van der Waals surface area contributed by atoms with Gasteiger partial charge in [-0.05, 0) is 38.8 Å². The van der Waals surface area contributed by atoms with E-state index in [0.29, 0.717) is 0 Å². The third-order valence-electron chi connectivity index (χ3n) is 2.95. The lowest BCUT2D eigenvalue weighted by atomic mass is 9.81. The van der Waals surface area contributed by atoms with E-state index in [4.69, 9.17) is 0 Å². The van der Waals surface area contributed by atoms with Gasteiger partial charge in [0.05, 0.1) is 5.41 Å².